The van der Waals surface area contributed by atoms with E-state index in [9.17, 15) is 4.79 Å². The van der Waals surface area contributed by atoms with Gasteiger partial charge in [-0.15, -0.1) is 5.10 Å². The molecule has 1 aromatic heterocycles. The van der Waals surface area contributed by atoms with Gasteiger partial charge < -0.3 is 10.6 Å². The van der Waals surface area contributed by atoms with E-state index in [1.54, 1.807) is 0 Å². The normalized spacial score (nSPS) is 10.8. The fourth-order valence-corrected chi connectivity index (χ4v) is 2.06. The molecule has 0 fully saturated rings. The van der Waals surface area contributed by atoms with E-state index in [4.69, 9.17) is 0 Å². The Kier molecular flexibility index (Phi) is 4.50. The molecular weight excluding hydrogens is 252 g/mol. The monoisotopic (exact) mass is 272 g/mol. The maximum atomic E-state index is 11.6. The maximum Gasteiger partial charge on any atom is 0.221 e. The molecule has 0 aliphatic heterocycles. The van der Waals surface area contributed by atoms with Gasteiger partial charge in [0.05, 0.1) is 5.69 Å². The van der Waals surface area contributed by atoms with E-state index in [1.165, 1.54) is 0 Å². The van der Waals surface area contributed by atoms with E-state index >= 15 is 0 Å². The Morgan fingerprint density at radius 1 is 1.20 bits per heavy atom. The van der Waals surface area contributed by atoms with E-state index in [2.05, 4.69) is 20.8 Å². The summed E-state index contributed by atoms with van der Waals surface area (Å²) in [7, 11) is 0. The average Bonchev–Trinajstić information content (AvgIpc) is 2.41. The van der Waals surface area contributed by atoms with Crippen molar-refractivity contribution in [1.29, 1.82) is 0 Å². The number of hydrogen-bond acceptors (Lipinski definition) is 4. The van der Waals surface area contributed by atoms with Crippen molar-refractivity contribution in [3.05, 3.63) is 30.0 Å². The maximum absolute atomic E-state index is 11.6. The summed E-state index contributed by atoms with van der Waals surface area (Å²) >= 11 is 0. The molecule has 0 spiro atoms. The van der Waals surface area contributed by atoms with Crippen LogP contribution in [0.2, 0.25) is 0 Å². The highest BCUT2D eigenvalue weighted by Gasteiger charge is 2.07. The van der Waals surface area contributed by atoms with Gasteiger partial charge in [-0.2, -0.15) is 5.10 Å². The summed E-state index contributed by atoms with van der Waals surface area (Å²) in [5.41, 5.74) is 0.906. The number of nitrogens with one attached hydrogen (secondary N) is 2. The van der Waals surface area contributed by atoms with Crippen molar-refractivity contribution >= 4 is 22.5 Å². The Hall–Kier alpha value is -2.17. The van der Waals surface area contributed by atoms with Gasteiger partial charge in [-0.05, 0) is 20.8 Å². The van der Waals surface area contributed by atoms with Crippen molar-refractivity contribution < 1.29 is 4.79 Å². The van der Waals surface area contributed by atoms with Gasteiger partial charge in [-0.3, -0.25) is 4.79 Å². The van der Waals surface area contributed by atoms with Crippen molar-refractivity contribution in [2.24, 2.45) is 0 Å². The number of hydrogen-bond donors (Lipinski definition) is 2. The first kappa shape index (κ1) is 14.2. The fourth-order valence-electron chi connectivity index (χ4n) is 2.06. The zero-order valence-electron chi connectivity index (χ0n) is 12.1. The number of anilines is 1. The van der Waals surface area contributed by atoms with Gasteiger partial charge in [0.1, 0.15) is 0 Å². The summed E-state index contributed by atoms with van der Waals surface area (Å²) < 4.78 is 0. The number of carbonyl (C=O) groups is 1. The topological polar surface area (TPSA) is 66.9 Å². The first-order chi connectivity index (χ1) is 9.58. The van der Waals surface area contributed by atoms with E-state index in [0.717, 1.165) is 22.3 Å². The predicted octanol–water partition coefficient (Wildman–Crippen LogP) is 2.26. The molecule has 0 aliphatic carbocycles. The van der Waals surface area contributed by atoms with Gasteiger partial charge in [0.15, 0.2) is 5.82 Å². The zero-order valence-corrected chi connectivity index (χ0v) is 12.1. The van der Waals surface area contributed by atoms with Crippen LogP contribution in [-0.2, 0) is 4.79 Å². The molecule has 2 aromatic rings. The Morgan fingerprint density at radius 2 is 1.90 bits per heavy atom. The Morgan fingerprint density at radius 3 is 2.60 bits per heavy atom. The number of fused-ring (bicyclic) bond motifs is 1. The molecule has 0 saturated carbocycles. The molecule has 0 atom stereocenters. The molecule has 1 heterocycles. The lowest BCUT2D eigenvalue weighted by molar-refractivity contribution is -0.121. The van der Waals surface area contributed by atoms with Gasteiger partial charge in [-0.1, -0.05) is 24.3 Å². The molecule has 20 heavy (non-hydrogen) atoms. The third kappa shape index (κ3) is 3.44. The second-order valence-corrected chi connectivity index (χ2v) is 5.08. The van der Waals surface area contributed by atoms with Crippen molar-refractivity contribution in [2.45, 2.75) is 33.2 Å². The van der Waals surface area contributed by atoms with Gasteiger partial charge in [0, 0.05) is 29.8 Å². The number of aryl methyl sites for hydroxylation is 1. The molecule has 0 aliphatic rings. The highest BCUT2D eigenvalue weighted by Crippen LogP contribution is 2.21. The molecule has 106 valence electrons. The van der Waals surface area contributed by atoms with Crippen LogP contribution in [0.1, 0.15) is 26.0 Å². The minimum Gasteiger partial charge on any atom is -0.368 e. The number of aromatic nitrogens is 2. The summed E-state index contributed by atoms with van der Waals surface area (Å²) in [6.45, 7) is 6.38. The van der Waals surface area contributed by atoms with E-state index < -0.39 is 0 Å². The van der Waals surface area contributed by atoms with Crippen LogP contribution in [0.5, 0.6) is 0 Å². The van der Waals surface area contributed by atoms with E-state index in [0.29, 0.717) is 13.0 Å². The molecule has 5 heteroatoms. The first-order valence-electron chi connectivity index (χ1n) is 6.83. The average molecular weight is 272 g/mol. The number of rotatable bonds is 5. The van der Waals surface area contributed by atoms with Crippen molar-refractivity contribution in [2.75, 3.05) is 11.9 Å². The Bertz CT molecular complexity index is 610. The Balaban J connectivity index is 2.04. The number of carbonyl (C=O) groups excluding carboxylic acids is 1. The lowest BCUT2D eigenvalue weighted by Gasteiger charge is -2.10. The van der Waals surface area contributed by atoms with E-state index in [1.807, 2.05) is 45.0 Å². The van der Waals surface area contributed by atoms with Crippen LogP contribution in [0.25, 0.3) is 10.8 Å². The van der Waals surface area contributed by atoms with Crippen LogP contribution in [0, 0.1) is 6.92 Å². The molecule has 0 unspecified atom stereocenters. The van der Waals surface area contributed by atoms with Crippen LogP contribution in [0.3, 0.4) is 0 Å². The summed E-state index contributed by atoms with van der Waals surface area (Å²) in [4.78, 5) is 11.6. The predicted molar refractivity (Wildman–Crippen MR) is 80.7 cm³/mol. The molecule has 2 rings (SSSR count). The van der Waals surface area contributed by atoms with Crippen LogP contribution < -0.4 is 10.6 Å². The molecule has 2 N–H and O–H groups in total. The van der Waals surface area contributed by atoms with Crippen LogP contribution >= 0.6 is 0 Å². The quantitative estimate of drug-likeness (QED) is 0.876. The fraction of sp³-hybridized carbons (Fsp3) is 0.400. The third-order valence-corrected chi connectivity index (χ3v) is 2.97. The second kappa shape index (κ2) is 6.32. The first-order valence-corrected chi connectivity index (χ1v) is 6.83. The second-order valence-electron chi connectivity index (χ2n) is 5.08. The van der Waals surface area contributed by atoms with Gasteiger partial charge in [0.2, 0.25) is 5.91 Å². The van der Waals surface area contributed by atoms with E-state index in [-0.39, 0.29) is 11.9 Å². The largest absolute Gasteiger partial charge is 0.368 e. The molecule has 5 nitrogen and oxygen atoms in total. The molecule has 1 amide bonds. The minimum atomic E-state index is 0.0388. The Labute approximate surface area is 118 Å². The highest BCUT2D eigenvalue weighted by atomic mass is 16.1. The van der Waals surface area contributed by atoms with Crippen molar-refractivity contribution in [3.63, 3.8) is 0 Å². The standard InChI is InChI=1S/C15H20N4O/c1-10(2)17-14(20)8-9-16-15-13-7-5-4-6-12(13)11(3)18-19-15/h4-7,10H,8-9H2,1-3H3,(H,16,19)(H,17,20). The molecule has 0 radical (unpaired) electrons. The lowest BCUT2D eigenvalue weighted by Crippen LogP contribution is -2.31. The molecular formula is C15H20N4O. The van der Waals surface area contributed by atoms with Gasteiger partial charge in [-0.25, -0.2) is 0 Å². The van der Waals surface area contributed by atoms with Gasteiger partial charge in [0.25, 0.3) is 0 Å². The number of amides is 1. The molecule has 0 saturated heterocycles. The molecule has 1 aromatic carbocycles. The van der Waals surface area contributed by atoms with Crippen molar-refractivity contribution in [1.82, 2.24) is 15.5 Å². The number of benzene rings is 1. The summed E-state index contributed by atoms with van der Waals surface area (Å²) in [6.07, 6.45) is 0.419. The lowest BCUT2D eigenvalue weighted by atomic mass is 10.1. The molecule has 0 bridgehead atoms. The zero-order chi connectivity index (χ0) is 14.5. The van der Waals surface area contributed by atoms with Gasteiger partial charge >= 0.3 is 0 Å². The summed E-state index contributed by atoms with van der Waals surface area (Å²) in [6, 6.07) is 8.16. The van der Waals surface area contributed by atoms with Crippen LogP contribution in [-0.4, -0.2) is 28.7 Å². The minimum absolute atomic E-state index is 0.0388. The van der Waals surface area contributed by atoms with Crippen LogP contribution in [0.4, 0.5) is 5.82 Å². The van der Waals surface area contributed by atoms with Crippen LogP contribution in [0.15, 0.2) is 24.3 Å². The highest BCUT2D eigenvalue weighted by molar-refractivity contribution is 5.92. The smallest absolute Gasteiger partial charge is 0.221 e. The third-order valence-electron chi connectivity index (χ3n) is 2.97. The summed E-state index contributed by atoms with van der Waals surface area (Å²) in [5.74, 6) is 0.764. The van der Waals surface area contributed by atoms with Crippen molar-refractivity contribution in [3.8, 4) is 0 Å². The SMILES string of the molecule is Cc1nnc(NCCC(=O)NC(C)C)c2ccccc12. The number of nitrogens with zero attached hydrogens (tertiary/aromatic N) is 2. The summed E-state index contributed by atoms with van der Waals surface area (Å²) in [5, 5.41) is 16.5.